The fourth-order valence-electron chi connectivity index (χ4n) is 2.25. The molecule has 1 aromatic heterocycles. The van der Waals surface area contributed by atoms with Crippen LogP contribution in [0.1, 0.15) is 37.0 Å². The van der Waals surface area contributed by atoms with Crippen LogP contribution >= 0.6 is 0 Å². The Bertz CT molecular complexity index is 489. The van der Waals surface area contributed by atoms with E-state index in [1.165, 1.54) is 7.05 Å². The summed E-state index contributed by atoms with van der Waals surface area (Å²) in [5.74, 6) is -1.31. The van der Waals surface area contributed by atoms with Gasteiger partial charge in [0.25, 0.3) is 0 Å². The quantitative estimate of drug-likeness (QED) is 0.794. The Morgan fingerprint density at radius 3 is 2.65 bits per heavy atom. The largest absolute Gasteiger partial charge is 0.492 e. The van der Waals surface area contributed by atoms with Gasteiger partial charge in [0, 0.05) is 25.9 Å². The van der Waals surface area contributed by atoms with Gasteiger partial charge in [0.1, 0.15) is 0 Å². The molecule has 0 aromatic carbocycles. The van der Waals surface area contributed by atoms with E-state index in [1.54, 1.807) is 6.92 Å². The summed E-state index contributed by atoms with van der Waals surface area (Å²) in [6, 6.07) is -0.293. The topological polar surface area (TPSA) is 68.5 Å². The van der Waals surface area contributed by atoms with Crippen molar-refractivity contribution in [3.63, 3.8) is 0 Å². The number of hydrogen-bond donors (Lipinski definition) is 0. The smallest absolute Gasteiger partial charge is 0.425 e. The maximum absolute atomic E-state index is 12.1. The third kappa shape index (κ3) is 3.27. The average molecular weight is 293 g/mol. The zero-order valence-corrected chi connectivity index (χ0v) is 11.0. The number of alkyl halides is 3. The molecular weight excluding hydrogens is 279 g/mol. The minimum Gasteiger partial charge on any atom is -0.425 e. The summed E-state index contributed by atoms with van der Waals surface area (Å²) in [6.45, 7) is 1.67. The molecule has 0 unspecified atom stereocenters. The van der Waals surface area contributed by atoms with E-state index in [2.05, 4.69) is 15.0 Å². The average Bonchev–Trinajstić information content (AvgIpc) is 2.95. The normalized spacial score (nSPS) is 23.3. The first kappa shape index (κ1) is 14.8. The molecule has 0 amide bonds. The van der Waals surface area contributed by atoms with Crippen molar-refractivity contribution < 1.29 is 27.2 Å². The molecule has 1 fully saturated rings. The summed E-state index contributed by atoms with van der Waals surface area (Å²) >= 11 is 0. The molecule has 0 N–H and O–H groups in total. The van der Waals surface area contributed by atoms with Gasteiger partial charge in [-0.3, -0.25) is 0 Å². The molecule has 0 saturated heterocycles. The number of rotatable bonds is 3. The van der Waals surface area contributed by atoms with E-state index in [4.69, 9.17) is 4.42 Å². The molecule has 0 radical (unpaired) electrons. The zero-order chi connectivity index (χ0) is 14.9. The molecule has 1 saturated carbocycles. The Labute approximate surface area is 112 Å². The van der Waals surface area contributed by atoms with Crippen LogP contribution in [-0.4, -0.2) is 40.5 Å². The summed E-state index contributed by atoms with van der Waals surface area (Å²) in [6.07, 6.45) is -3.20. The van der Waals surface area contributed by atoms with E-state index >= 15 is 0 Å². The Morgan fingerprint density at radius 1 is 1.40 bits per heavy atom. The molecule has 9 heteroatoms. The Balaban J connectivity index is 1.91. The monoisotopic (exact) mass is 293 g/mol. The predicted molar refractivity (Wildman–Crippen MR) is 59.3 cm³/mol. The highest BCUT2D eigenvalue weighted by molar-refractivity contribution is 5.75. The predicted octanol–water partition coefficient (Wildman–Crippen LogP) is 1.97. The number of hydroxylamine groups is 2. The lowest BCUT2D eigenvalue weighted by Crippen LogP contribution is -2.37. The van der Waals surface area contributed by atoms with E-state index in [1.807, 2.05) is 0 Å². The van der Waals surface area contributed by atoms with Crippen molar-refractivity contribution in [2.45, 2.75) is 44.3 Å². The highest BCUT2D eigenvalue weighted by atomic mass is 19.4. The van der Waals surface area contributed by atoms with Gasteiger partial charge in [-0.15, -0.1) is 15.3 Å². The van der Waals surface area contributed by atoms with Crippen LogP contribution in [0.4, 0.5) is 13.2 Å². The lowest BCUT2D eigenvalue weighted by Gasteiger charge is -2.23. The second-order valence-corrected chi connectivity index (χ2v) is 4.75. The number of carbonyl (C=O) groups is 1. The first-order chi connectivity index (χ1) is 9.27. The third-order valence-corrected chi connectivity index (χ3v) is 3.27. The van der Waals surface area contributed by atoms with Gasteiger partial charge in [0.15, 0.2) is 0 Å². The first-order valence-electron chi connectivity index (χ1n) is 6.09. The maximum atomic E-state index is 12.1. The van der Waals surface area contributed by atoms with Gasteiger partial charge in [-0.2, -0.15) is 13.2 Å². The van der Waals surface area contributed by atoms with Crippen molar-refractivity contribution in [2.75, 3.05) is 7.05 Å². The van der Waals surface area contributed by atoms with Crippen molar-refractivity contribution in [1.29, 1.82) is 0 Å². The molecule has 2 atom stereocenters. The second-order valence-electron chi connectivity index (χ2n) is 4.75. The molecule has 0 bridgehead atoms. The van der Waals surface area contributed by atoms with Crippen LogP contribution in [0, 0.1) is 6.92 Å². The van der Waals surface area contributed by atoms with E-state index in [0.29, 0.717) is 31.0 Å². The number of aryl methyl sites for hydroxylation is 1. The molecular formula is C11H14F3N3O3. The summed E-state index contributed by atoms with van der Waals surface area (Å²) in [5, 5.41) is 8.57. The summed E-state index contributed by atoms with van der Waals surface area (Å²) < 4.78 is 41.6. The van der Waals surface area contributed by atoms with Gasteiger partial charge < -0.3 is 9.25 Å². The van der Waals surface area contributed by atoms with Gasteiger partial charge in [-0.25, -0.2) is 4.79 Å². The number of halogens is 3. The summed E-state index contributed by atoms with van der Waals surface area (Å²) in [4.78, 5) is 15.0. The lowest BCUT2D eigenvalue weighted by atomic mass is 10.1. The Hall–Kier alpha value is -1.64. The highest BCUT2D eigenvalue weighted by Crippen LogP contribution is 2.36. The SMILES string of the molecule is Cc1nnc([C@H]2CC[C@@H](N(C)OC(=O)C(F)(F)F)C2)o1. The standard InChI is InChI=1S/C11H14F3N3O3/c1-6-15-16-9(19-6)7-3-4-8(5-7)17(2)20-10(18)11(12,13)14/h7-8H,3-5H2,1-2H3/t7-,8+/m0/s1. The van der Waals surface area contributed by atoms with Crippen LogP contribution in [0.5, 0.6) is 0 Å². The molecule has 6 nitrogen and oxygen atoms in total. The minimum absolute atomic E-state index is 0.0201. The maximum Gasteiger partial charge on any atom is 0.492 e. The van der Waals surface area contributed by atoms with E-state index in [-0.39, 0.29) is 12.0 Å². The molecule has 1 aliphatic rings. The van der Waals surface area contributed by atoms with Crippen LogP contribution < -0.4 is 0 Å². The fourth-order valence-corrected chi connectivity index (χ4v) is 2.25. The van der Waals surface area contributed by atoms with E-state index in [0.717, 1.165) is 5.06 Å². The van der Waals surface area contributed by atoms with Gasteiger partial charge >= 0.3 is 12.1 Å². The first-order valence-corrected chi connectivity index (χ1v) is 6.09. The van der Waals surface area contributed by atoms with E-state index < -0.39 is 12.1 Å². The number of nitrogens with zero attached hydrogens (tertiary/aromatic N) is 3. The third-order valence-electron chi connectivity index (χ3n) is 3.27. The number of aromatic nitrogens is 2. The molecule has 2 rings (SSSR count). The Morgan fingerprint density at radius 2 is 2.10 bits per heavy atom. The van der Waals surface area contributed by atoms with Gasteiger partial charge in [-0.05, 0) is 19.3 Å². The molecule has 112 valence electrons. The number of carbonyl (C=O) groups excluding carboxylic acids is 1. The van der Waals surface area contributed by atoms with Crippen molar-refractivity contribution >= 4 is 5.97 Å². The molecule has 1 heterocycles. The van der Waals surface area contributed by atoms with Crippen molar-refractivity contribution in [3.8, 4) is 0 Å². The van der Waals surface area contributed by atoms with E-state index in [9.17, 15) is 18.0 Å². The molecule has 20 heavy (non-hydrogen) atoms. The summed E-state index contributed by atoms with van der Waals surface area (Å²) in [5.41, 5.74) is 0. The van der Waals surface area contributed by atoms with Crippen molar-refractivity contribution in [1.82, 2.24) is 15.3 Å². The molecule has 0 spiro atoms. The second kappa shape index (κ2) is 5.39. The molecule has 1 aliphatic carbocycles. The summed E-state index contributed by atoms with van der Waals surface area (Å²) in [7, 11) is 1.32. The van der Waals surface area contributed by atoms with Crippen LogP contribution in [0.15, 0.2) is 4.42 Å². The fraction of sp³-hybridized carbons (Fsp3) is 0.727. The lowest BCUT2D eigenvalue weighted by molar-refractivity contribution is -0.240. The van der Waals surface area contributed by atoms with Gasteiger partial charge in [0.2, 0.25) is 11.8 Å². The van der Waals surface area contributed by atoms with Crippen LogP contribution in [0.3, 0.4) is 0 Å². The molecule has 1 aromatic rings. The number of hydrogen-bond acceptors (Lipinski definition) is 6. The van der Waals surface area contributed by atoms with Crippen LogP contribution in [-0.2, 0) is 9.63 Å². The highest BCUT2D eigenvalue weighted by Gasteiger charge is 2.43. The van der Waals surface area contributed by atoms with Crippen LogP contribution in [0.25, 0.3) is 0 Å². The van der Waals surface area contributed by atoms with Crippen molar-refractivity contribution in [3.05, 3.63) is 11.8 Å². The minimum atomic E-state index is -4.99. The van der Waals surface area contributed by atoms with Crippen molar-refractivity contribution in [2.24, 2.45) is 0 Å². The van der Waals surface area contributed by atoms with Gasteiger partial charge in [-0.1, -0.05) is 0 Å². The zero-order valence-electron chi connectivity index (χ0n) is 11.0. The molecule has 0 aliphatic heterocycles. The Kier molecular flexibility index (Phi) is 3.98. The van der Waals surface area contributed by atoms with Crippen LogP contribution in [0.2, 0.25) is 0 Å². The van der Waals surface area contributed by atoms with Gasteiger partial charge in [0.05, 0.1) is 0 Å².